The molecule has 9 heavy (non-hydrogen) atoms. The zero-order valence-corrected chi connectivity index (χ0v) is 11.9. The van der Waals surface area contributed by atoms with Crippen molar-refractivity contribution in [3.63, 3.8) is 0 Å². The Balaban J connectivity index is 0. The van der Waals surface area contributed by atoms with Crippen molar-refractivity contribution in [1.82, 2.24) is 0 Å². The fraction of sp³-hybridized carbons (Fsp3) is 0.833. The first kappa shape index (κ1) is 13.8. The minimum atomic E-state index is 0.357. The van der Waals surface area contributed by atoms with Crippen LogP contribution in [0, 0.1) is 12.8 Å². The molecule has 0 aromatic heterocycles. The van der Waals surface area contributed by atoms with Gasteiger partial charge in [0.25, 0.3) is 0 Å². The Kier molecular flexibility index (Phi) is 19.7. The van der Waals surface area contributed by atoms with E-state index in [1.165, 1.54) is 6.42 Å². The molecule has 0 aliphatic rings. The van der Waals surface area contributed by atoms with Gasteiger partial charge in [0.2, 0.25) is 0 Å². The van der Waals surface area contributed by atoms with Gasteiger partial charge in [-0.1, -0.05) is 33.6 Å². The van der Waals surface area contributed by atoms with E-state index in [1.54, 1.807) is 0 Å². The van der Waals surface area contributed by atoms with Crippen LogP contribution in [0.4, 0.5) is 0 Å². The maximum Gasteiger partial charge on any atom is 0.552 e. The number of hydrogen-bond donors (Lipinski definition) is 0. The predicted octanol–water partition coefficient (Wildman–Crippen LogP) is 3.65. The highest BCUT2D eigenvalue weighted by atomic mass is 127. The van der Waals surface area contributed by atoms with Gasteiger partial charge in [-0.05, 0) is 5.92 Å². The van der Waals surface area contributed by atoms with Crippen molar-refractivity contribution >= 4 is 50.3 Å². The Morgan fingerprint density at radius 2 is 1.89 bits per heavy atom. The minimum absolute atomic E-state index is 0.357. The van der Waals surface area contributed by atoms with E-state index in [0.29, 0.717) is 12.6 Å². The third-order valence-electron chi connectivity index (χ3n) is 1.19. The highest BCUT2D eigenvalue weighted by molar-refractivity contribution is 14.3. The lowest BCUT2D eigenvalue weighted by Gasteiger charge is -1.98. The average molecular weight is 363 g/mol. The first-order chi connectivity index (χ1) is 4.22. The second-order valence-corrected chi connectivity index (χ2v) is 15.4. The normalized spacial score (nSPS) is 7.78. The number of halogens is 2. The maximum atomic E-state index is 3.76. The summed E-state index contributed by atoms with van der Waals surface area (Å²) in [5.41, 5.74) is 0. The van der Waals surface area contributed by atoms with Gasteiger partial charge in [0.05, 0.1) is 0 Å². The largest absolute Gasteiger partial charge is 0.552 e. The molecule has 1 atom stereocenters. The van der Waals surface area contributed by atoms with Crippen LogP contribution in [0.2, 0.25) is 0 Å². The van der Waals surface area contributed by atoms with Crippen molar-refractivity contribution in [3.8, 4) is 0 Å². The van der Waals surface area contributed by atoms with E-state index in [-0.39, 0.29) is 0 Å². The molecule has 0 spiro atoms. The molecule has 0 aliphatic heterocycles. The van der Waals surface area contributed by atoms with Crippen LogP contribution in [0.1, 0.15) is 26.7 Å². The zero-order chi connectivity index (χ0) is 7.70. The van der Waals surface area contributed by atoms with E-state index >= 15 is 0 Å². The Bertz CT molecular complexity index is 38.0. The molecule has 0 N–H and O–H groups in total. The van der Waals surface area contributed by atoms with Crippen LogP contribution in [0.15, 0.2) is 0 Å². The molecule has 1 radical (unpaired) electrons. The van der Waals surface area contributed by atoms with E-state index in [4.69, 9.17) is 0 Å². The summed E-state index contributed by atoms with van der Waals surface area (Å²) in [7, 11) is 0. The highest BCUT2D eigenvalue weighted by Crippen LogP contribution is 2.02. The molecule has 0 saturated heterocycles. The third-order valence-corrected chi connectivity index (χ3v) is 1.19. The minimum Gasteiger partial charge on any atom is -0.276 e. The topological polar surface area (TPSA) is 0 Å². The molecule has 0 bridgehead atoms. The fourth-order valence-corrected chi connectivity index (χ4v) is 0.204. The lowest BCUT2D eigenvalue weighted by Crippen LogP contribution is -1.85. The molecule has 0 rings (SSSR count). The first-order valence-electron chi connectivity index (χ1n) is 3.14. The quantitative estimate of drug-likeness (QED) is 0.519. The van der Waals surface area contributed by atoms with Crippen molar-refractivity contribution in [2.75, 3.05) is 0 Å². The van der Waals surface area contributed by atoms with Gasteiger partial charge in [-0.3, -0.25) is 37.7 Å². The van der Waals surface area contributed by atoms with E-state index in [2.05, 4.69) is 58.5 Å². The first-order valence-corrected chi connectivity index (χ1v) is 13.4. The van der Waals surface area contributed by atoms with Crippen LogP contribution in [-0.2, 0) is 0 Å². The van der Waals surface area contributed by atoms with Crippen LogP contribution in [0.5, 0.6) is 0 Å². The van der Waals surface area contributed by atoms with Crippen molar-refractivity contribution < 1.29 is 0 Å². The summed E-state index contributed by atoms with van der Waals surface area (Å²) in [4.78, 5) is 0. The molecular formula is C6H13I2Mg. The van der Waals surface area contributed by atoms with Crippen LogP contribution in [-0.4, -0.2) is 12.6 Å². The number of rotatable bonds is 2. The molecule has 0 heterocycles. The van der Waals surface area contributed by atoms with E-state index in [0.717, 1.165) is 12.3 Å². The smallest absolute Gasteiger partial charge is 0.276 e. The third kappa shape index (κ3) is 17.9. The molecule has 1 unspecified atom stereocenters. The second kappa shape index (κ2) is 12.9. The van der Waals surface area contributed by atoms with Gasteiger partial charge in [-0.25, -0.2) is 0 Å². The summed E-state index contributed by atoms with van der Waals surface area (Å²) >= 11 is 5.18. The van der Waals surface area contributed by atoms with Gasteiger partial charge >= 0.3 is 12.6 Å². The lowest BCUT2D eigenvalue weighted by atomic mass is 10.1. The van der Waals surface area contributed by atoms with E-state index in [1.807, 2.05) is 0 Å². The Morgan fingerprint density at radius 3 is 1.89 bits per heavy atom. The van der Waals surface area contributed by atoms with Gasteiger partial charge in [0.1, 0.15) is 0 Å². The van der Waals surface area contributed by atoms with Crippen molar-refractivity contribution in [2.24, 2.45) is 5.92 Å². The maximum absolute atomic E-state index is 3.76. The molecule has 0 aromatic carbocycles. The fourth-order valence-electron chi connectivity index (χ4n) is 0.204. The zero-order valence-electron chi connectivity index (χ0n) is 6.16. The Morgan fingerprint density at radius 1 is 1.56 bits per heavy atom. The molecular weight excluding hydrogens is 350 g/mol. The molecule has 0 nitrogen and oxygen atoms in total. The second-order valence-electron chi connectivity index (χ2n) is 1.90. The molecule has 53 valence electrons. The lowest BCUT2D eigenvalue weighted by molar-refractivity contribution is 0.570. The average Bonchev–Trinajstić information content (AvgIpc) is 1.88. The summed E-state index contributed by atoms with van der Waals surface area (Å²) in [5, 5.41) is 0. The molecule has 0 saturated carbocycles. The molecule has 0 fully saturated rings. The standard InChI is InChI=1S/C6H13.2HI.Mg/c1-4-6(3)5-2;;;/h6H,1,4-5H2,2-3H3;2*1H;/q;;;+2/p-2. The molecule has 0 aromatic rings. The van der Waals surface area contributed by atoms with E-state index < -0.39 is 0 Å². The molecule has 3 heteroatoms. The van der Waals surface area contributed by atoms with Gasteiger partial charge in [-0.15, -0.1) is 0 Å². The SMILES string of the molecule is [CH2]CC(C)CC.[I][Mg][I]. The molecule has 0 amide bonds. The summed E-state index contributed by atoms with van der Waals surface area (Å²) in [6.45, 7) is 8.16. The van der Waals surface area contributed by atoms with Gasteiger partial charge in [-0.2, -0.15) is 0 Å². The predicted molar refractivity (Wildman–Crippen MR) is 63.2 cm³/mol. The summed E-state index contributed by atoms with van der Waals surface area (Å²) in [6, 6.07) is 0. The molecule has 0 aliphatic carbocycles. The van der Waals surface area contributed by atoms with Crippen LogP contribution >= 0.6 is 37.7 Å². The van der Waals surface area contributed by atoms with Crippen LogP contribution in [0.25, 0.3) is 0 Å². The van der Waals surface area contributed by atoms with E-state index in [9.17, 15) is 0 Å². The summed E-state index contributed by atoms with van der Waals surface area (Å²) in [5.74, 6) is 0.824. The summed E-state index contributed by atoms with van der Waals surface area (Å²) in [6.07, 6.45) is 2.35. The Labute approximate surface area is 88.4 Å². The monoisotopic (exact) mass is 363 g/mol. The van der Waals surface area contributed by atoms with Gasteiger partial charge < -0.3 is 0 Å². The highest BCUT2D eigenvalue weighted by Gasteiger charge is 1.88. The summed E-state index contributed by atoms with van der Waals surface area (Å²) < 4.78 is 0. The van der Waals surface area contributed by atoms with Gasteiger partial charge in [0, 0.05) is 0 Å². The van der Waals surface area contributed by atoms with Crippen molar-refractivity contribution in [2.45, 2.75) is 26.7 Å². The Hall–Kier alpha value is 2.23. The van der Waals surface area contributed by atoms with Crippen molar-refractivity contribution in [3.05, 3.63) is 6.92 Å². The van der Waals surface area contributed by atoms with Crippen LogP contribution < -0.4 is 0 Å². The number of hydrogen-bond acceptors (Lipinski definition) is 0. The van der Waals surface area contributed by atoms with Crippen LogP contribution in [0.3, 0.4) is 0 Å². The van der Waals surface area contributed by atoms with Gasteiger partial charge in [0.15, 0.2) is 0 Å². The van der Waals surface area contributed by atoms with Crippen molar-refractivity contribution in [1.29, 1.82) is 0 Å².